The largest absolute Gasteiger partial charge is 0.368 e. The Morgan fingerprint density at radius 3 is 2.31 bits per heavy atom. The molecule has 138 valence electrons. The monoisotopic (exact) mass is 394 g/mol. The second-order valence-corrected chi connectivity index (χ2v) is 9.97. The summed E-state index contributed by atoms with van der Waals surface area (Å²) in [4.78, 5) is 4.17. The maximum atomic E-state index is 12.5. The zero-order valence-corrected chi connectivity index (χ0v) is 15.8. The molecular formula is C16H18N4O4S2. The van der Waals surface area contributed by atoms with E-state index in [9.17, 15) is 16.8 Å². The number of fused-ring (bicyclic) bond motifs is 1. The molecule has 1 heterocycles. The second kappa shape index (κ2) is 6.29. The van der Waals surface area contributed by atoms with Crippen molar-refractivity contribution < 1.29 is 16.8 Å². The van der Waals surface area contributed by atoms with Crippen molar-refractivity contribution in [3.63, 3.8) is 0 Å². The van der Waals surface area contributed by atoms with Gasteiger partial charge in [-0.05, 0) is 44.2 Å². The molecule has 0 radical (unpaired) electrons. The van der Waals surface area contributed by atoms with Crippen molar-refractivity contribution in [2.75, 3.05) is 10.5 Å². The van der Waals surface area contributed by atoms with Crippen LogP contribution in [0.1, 0.15) is 13.8 Å². The highest BCUT2D eigenvalue weighted by atomic mass is 32.2. The van der Waals surface area contributed by atoms with E-state index in [1.54, 1.807) is 32.0 Å². The first-order chi connectivity index (χ1) is 12.1. The summed E-state index contributed by atoms with van der Waals surface area (Å²) in [6.07, 6.45) is 0. The second-order valence-electron chi connectivity index (χ2n) is 5.95. The van der Waals surface area contributed by atoms with E-state index in [-0.39, 0.29) is 22.0 Å². The molecule has 0 saturated heterocycles. The highest BCUT2D eigenvalue weighted by Crippen LogP contribution is 2.26. The van der Waals surface area contributed by atoms with Crippen molar-refractivity contribution in [3.05, 3.63) is 48.5 Å². The topological polar surface area (TPSA) is 124 Å². The van der Waals surface area contributed by atoms with Gasteiger partial charge in [0.2, 0.25) is 16.0 Å². The van der Waals surface area contributed by atoms with Gasteiger partial charge in [-0.2, -0.15) is 0 Å². The molecule has 3 N–H and O–H groups in total. The minimum Gasteiger partial charge on any atom is -0.368 e. The van der Waals surface area contributed by atoms with Crippen LogP contribution in [0.3, 0.4) is 0 Å². The number of anilines is 2. The number of nitrogens with one attached hydrogen (secondary N) is 1. The molecule has 26 heavy (non-hydrogen) atoms. The van der Waals surface area contributed by atoms with E-state index in [0.29, 0.717) is 5.52 Å². The van der Waals surface area contributed by atoms with Crippen LogP contribution < -0.4 is 10.5 Å². The van der Waals surface area contributed by atoms with Crippen molar-refractivity contribution in [2.45, 2.75) is 24.0 Å². The van der Waals surface area contributed by atoms with E-state index < -0.39 is 25.3 Å². The number of hydrogen-bond acceptors (Lipinski definition) is 6. The summed E-state index contributed by atoms with van der Waals surface area (Å²) in [5.41, 5.74) is 6.61. The molecule has 0 atom stereocenters. The van der Waals surface area contributed by atoms with E-state index >= 15 is 0 Å². The van der Waals surface area contributed by atoms with Crippen LogP contribution in [-0.2, 0) is 20.0 Å². The lowest BCUT2D eigenvalue weighted by molar-refractivity contribution is 0.580. The Hall–Kier alpha value is -2.59. The summed E-state index contributed by atoms with van der Waals surface area (Å²) in [5, 5.41) is -0.682. The number of benzene rings is 2. The summed E-state index contributed by atoms with van der Waals surface area (Å²) in [6, 6.07) is 12.3. The zero-order chi connectivity index (χ0) is 19.1. The maximum absolute atomic E-state index is 12.5. The van der Waals surface area contributed by atoms with E-state index in [2.05, 4.69) is 9.71 Å². The van der Waals surface area contributed by atoms with E-state index in [1.807, 2.05) is 0 Å². The molecule has 0 unspecified atom stereocenters. The summed E-state index contributed by atoms with van der Waals surface area (Å²) in [5.74, 6) is -0.170. The van der Waals surface area contributed by atoms with E-state index in [1.165, 1.54) is 30.3 Å². The number of nitrogen functional groups attached to an aromatic ring is 1. The summed E-state index contributed by atoms with van der Waals surface area (Å²) >= 11 is 0. The van der Waals surface area contributed by atoms with Crippen LogP contribution in [0, 0.1) is 0 Å². The van der Waals surface area contributed by atoms with Gasteiger partial charge in [-0.15, -0.1) is 0 Å². The Morgan fingerprint density at radius 1 is 1.04 bits per heavy atom. The molecular weight excluding hydrogens is 376 g/mol. The fourth-order valence-corrected chi connectivity index (χ4v) is 4.65. The summed E-state index contributed by atoms with van der Waals surface area (Å²) in [6.45, 7) is 3.09. The third kappa shape index (κ3) is 3.13. The van der Waals surface area contributed by atoms with Gasteiger partial charge in [-0.1, -0.05) is 18.2 Å². The van der Waals surface area contributed by atoms with Crippen LogP contribution in [0.4, 0.5) is 11.6 Å². The Labute approximate surface area is 151 Å². The minimum absolute atomic E-state index is 0.118. The molecule has 0 amide bonds. The highest BCUT2D eigenvalue weighted by Gasteiger charge is 2.24. The standard InChI is InChI=1S/C16H18N4O4S2/c1-11(2)26(23,24)20-15-9-8-12(10-14(15)18-16(20)17)19-25(21,22)13-6-4-3-5-7-13/h3-11,19H,1-2H3,(H2,17,18). The molecule has 0 spiro atoms. The zero-order valence-electron chi connectivity index (χ0n) is 14.1. The van der Waals surface area contributed by atoms with Crippen LogP contribution in [-0.4, -0.2) is 31.0 Å². The predicted octanol–water partition coefficient (Wildman–Crippen LogP) is 2.01. The summed E-state index contributed by atoms with van der Waals surface area (Å²) in [7, 11) is -7.45. The number of nitrogens with zero attached hydrogens (tertiary/aromatic N) is 2. The molecule has 0 aliphatic rings. The van der Waals surface area contributed by atoms with Crippen molar-refractivity contribution >= 4 is 42.7 Å². The SMILES string of the molecule is CC(C)S(=O)(=O)n1c(N)nc2cc(NS(=O)(=O)c3ccccc3)ccc21. The van der Waals surface area contributed by atoms with Gasteiger partial charge in [0.05, 0.1) is 26.9 Å². The molecule has 0 aliphatic carbocycles. The van der Waals surface area contributed by atoms with Crippen LogP contribution in [0.15, 0.2) is 53.4 Å². The van der Waals surface area contributed by atoms with Gasteiger partial charge in [0.1, 0.15) is 0 Å². The van der Waals surface area contributed by atoms with Crippen LogP contribution >= 0.6 is 0 Å². The molecule has 0 aliphatic heterocycles. The minimum atomic E-state index is -3.76. The average Bonchev–Trinajstić information content (AvgIpc) is 2.90. The maximum Gasteiger partial charge on any atom is 0.261 e. The molecule has 3 aromatic rings. The van der Waals surface area contributed by atoms with Gasteiger partial charge >= 0.3 is 0 Å². The predicted molar refractivity (Wildman–Crippen MR) is 101 cm³/mol. The van der Waals surface area contributed by atoms with E-state index in [0.717, 1.165) is 3.97 Å². The number of rotatable bonds is 5. The number of imidazole rings is 1. The van der Waals surface area contributed by atoms with Crippen LogP contribution in [0.2, 0.25) is 0 Å². The third-order valence-corrected chi connectivity index (χ3v) is 7.27. The summed E-state index contributed by atoms with van der Waals surface area (Å²) < 4.78 is 53.1. The lowest BCUT2D eigenvalue weighted by Gasteiger charge is -2.11. The Bertz CT molecular complexity index is 1170. The van der Waals surface area contributed by atoms with Crippen molar-refractivity contribution in [1.29, 1.82) is 0 Å². The molecule has 1 aromatic heterocycles. The molecule has 3 rings (SSSR count). The average molecular weight is 394 g/mol. The quantitative estimate of drug-likeness (QED) is 0.682. The lowest BCUT2D eigenvalue weighted by Crippen LogP contribution is -2.23. The molecule has 10 heteroatoms. The highest BCUT2D eigenvalue weighted by molar-refractivity contribution is 7.92. The normalized spacial score (nSPS) is 12.6. The van der Waals surface area contributed by atoms with Gasteiger partial charge in [0.25, 0.3) is 10.0 Å². The van der Waals surface area contributed by atoms with Gasteiger partial charge in [-0.25, -0.2) is 25.8 Å². The fourth-order valence-electron chi connectivity index (χ4n) is 2.43. The van der Waals surface area contributed by atoms with Gasteiger partial charge in [0, 0.05) is 0 Å². The molecule has 0 fully saturated rings. The molecule has 0 bridgehead atoms. The van der Waals surface area contributed by atoms with Gasteiger partial charge in [-0.3, -0.25) is 4.72 Å². The lowest BCUT2D eigenvalue weighted by atomic mass is 10.3. The van der Waals surface area contributed by atoms with Gasteiger partial charge in [0.15, 0.2) is 0 Å². The fraction of sp³-hybridized carbons (Fsp3) is 0.188. The Kier molecular flexibility index (Phi) is 4.41. The number of nitrogens with two attached hydrogens (primary N) is 1. The smallest absolute Gasteiger partial charge is 0.261 e. The third-order valence-electron chi connectivity index (χ3n) is 3.79. The molecule has 0 saturated carbocycles. The first-order valence-electron chi connectivity index (χ1n) is 7.73. The molecule has 2 aromatic carbocycles. The van der Waals surface area contributed by atoms with E-state index in [4.69, 9.17) is 5.73 Å². The Balaban J connectivity index is 2.05. The van der Waals surface area contributed by atoms with Crippen molar-refractivity contribution in [3.8, 4) is 0 Å². The van der Waals surface area contributed by atoms with Crippen LogP contribution in [0.5, 0.6) is 0 Å². The first-order valence-corrected chi connectivity index (χ1v) is 10.7. The number of sulfonamides is 1. The van der Waals surface area contributed by atoms with Crippen LogP contribution in [0.25, 0.3) is 11.0 Å². The van der Waals surface area contributed by atoms with Gasteiger partial charge < -0.3 is 5.73 Å². The number of aromatic nitrogens is 2. The van der Waals surface area contributed by atoms with Crippen molar-refractivity contribution in [1.82, 2.24) is 8.96 Å². The van der Waals surface area contributed by atoms with Crippen molar-refractivity contribution in [2.24, 2.45) is 0 Å². The Morgan fingerprint density at radius 2 is 1.69 bits per heavy atom. The molecule has 8 nitrogen and oxygen atoms in total. The first kappa shape index (κ1) is 18.2. The number of hydrogen-bond donors (Lipinski definition) is 2.